The SMILES string of the molecule is Cc1c(S(=O)(=O)N2CC(=O)N3CC4(CCN(c5ccncc5)CC4)OC3C2)sc2ccc(Cl)cc12. The van der Waals surface area contributed by atoms with Crippen LogP contribution in [0.5, 0.6) is 0 Å². The second-order valence-corrected chi connectivity index (χ2v) is 13.0. The zero-order chi connectivity index (χ0) is 24.4. The van der Waals surface area contributed by atoms with Crippen molar-refractivity contribution in [3.63, 3.8) is 0 Å². The Labute approximate surface area is 213 Å². The minimum atomic E-state index is -3.86. The van der Waals surface area contributed by atoms with Crippen LogP contribution in [0.3, 0.4) is 0 Å². The smallest absolute Gasteiger partial charge is 0.253 e. The van der Waals surface area contributed by atoms with Crippen LogP contribution in [0.1, 0.15) is 18.4 Å². The normalized spacial score (nSPS) is 22.8. The van der Waals surface area contributed by atoms with Crippen molar-refractivity contribution in [2.24, 2.45) is 0 Å². The van der Waals surface area contributed by atoms with Crippen LogP contribution < -0.4 is 4.90 Å². The fourth-order valence-corrected chi connectivity index (χ4v) is 8.82. The summed E-state index contributed by atoms with van der Waals surface area (Å²) in [5.41, 5.74) is 1.35. The number of anilines is 1. The molecular weight excluding hydrogens is 508 g/mol. The Morgan fingerprint density at radius 2 is 1.91 bits per heavy atom. The molecule has 3 aromatic rings. The number of amides is 1. The number of sulfonamides is 1. The first-order chi connectivity index (χ1) is 16.8. The minimum absolute atomic E-state index is 0.137. The number of carbonyl (C=O) groups is 1. The molecule has 8 nitrogen and oxygen atoms in total. The number of benzene rings is 1. The summed E-state index contributed by atoms with van der Waals surface area (Å²) in [6, 6.07) is 9.36. The Balaban J connectivity index is 1.21. The number of aryl methyl sites for hydroxylation is 1. The summed E-state index contributed by atoms with van der Waals surface area (Å²) >= 11 is 7.35. The fraction of sp³-hybridized carbons (Fsp3) is 0.417. The number of fused-ring (bicyclic) bond motifs is 2. The Morgan fingerprint density at radius 3 is 2.66 bits per heavy atom. The first kappa shape index (κ1) is 23.2. The third-order valence-corrected chi connectivity index (χ3v) is 11.2. The number of halogens is 1. The molecule has 0 saturated carbocycles. The summed E-state index contributed by atoms with van der Waals surface area (Å²) in [6.07, 6.45) is 4.55. The van der Waals surface area contributed by atoms with Gasteiger partial charge in [0, 0.05) is 40.9 Å². The van der Waals surface area contributed by atoms with Crippen molar-refractivity contribution >= 4 is 54.6 Å². The number of thiophene rings is 1. The van der Waals surface area contributed by atoms with E-state index in [-0.39, 0.29) is 23.2 Å². The predicted molar refractivity (Wildman–Crippen MR) is 135 cm³/mol. The Hall–Kier alpha value is -2.24. The first-order valence-corrected chi connectivity index (χ1v) is 14.2. The minimum Gasteiger partial charge on any atom is -0.371 e. The molecule has 5 heterocycles. The van der Waals surface area contributed by atoms with Crippen molar-refractivity contribution in [2.45, 2.75) is 35.8 Å². The van der Waals surface area contributed by atoms with Crippen molar-refractivity contribution < 1.29 is 17.9 Å². The van der Waals surface area contributed by atoms with Gasteiger partial charge in [-0.05, 0) is 61.0 Å². The quantitative estimate of drug-likeness (QED) is 0.513. The van der Waals surface area contributed by atoms with E-state index in [0.29, 0.717) is 17.1 Å². The van der Waals surface area contributed by atoms with Gasteiger partial charge < -0.3 is 14.5 Å². The molecule has 1 amide bonds. The fourth-order valence-electron chi connectivity index (χ4n) is 5.39. The van der Waals surface area contributed by atoms with Gasteiger partial charge in [-0.3, -0.25) is 9.78 Å². The average molecular weight is 533 g/mol. The summed E-state index contributed by atoms with van der Waals surface area (Å²) in [4.78, 5) is 21.2. The van der Waals surface area contributed by atoms with Crippen LogP contribution >= 0.6 is 22.9 Å². The van der Waals surface area contributed by atoms with Crippen LogP contribution in [0.15, 0.2) is 46.9 Å². The topological polar surface area (TPSA) is 83.1 Å². The van der Waals surface area contributed by atoms with Crippen LogP contribution in [-0.2, 0) is 19.6 Å². The zero-order valence-corrected chi connectivity index (χ0v) is 21.6. The first-order valence-electron chi connectivity index (χ1n) is 11.6. The maximum atomic E-state index is 13.6. The number of pyridine rings is 1. The highest BCUT2D eigenvalue weighted by atomic mass is 35.5. The summed E-state index contributed by atoms with van der Waals surface area (Å²) in [6.45, 7) is 3.88. The van der Waals surface area contributed by atoms with E-state index in [0.717, 1.165) is 41.7 Å². The molecular formula is C24H25ClN4O4S2. The molecule has 1 spiro atoms. The molecule has 3 fully saturated rings. The van der Waals surface area contributed by atoms with Crippen molar-refractivity contribution in [1.82, 2.24) is 14.2 Å². The van der Waals surface area contributed by atoms with Gasteiger partial charge in [0.05, 0.1) is 25.2 Å². The molecule has 0 bridgehead atoms. The lowest BCUT2D eigenvalue weighted by Gasteiger charge is -2.39. The highest BCUT2D eigenvalue weighted by molar-refractivity contribution is 7.91. The highest BCUT2D eigenvalue weighted by Crippen LogP contribution is 2.41. The van der Waals surface area contributed by atoms with Gasteiger partial charge in [-0.25, -0.2) is 8.42 Å². The van der Waals surface area contributed by atoms with Gasteiger partial charge in [-0.1, -0.05) is 11.6 Å². The maximum Gasteiger partial charge on any atom is 0.253 e. The monoisotopic (exact) mass is 532 g/mol. The second-order valence-electron chi connectivity index (χ2n) is 9.42. The van der Waals surface area contributed by atoms with E-state index in [4.69, 9.17) is 16.3 Å². The summed E-state index contributed by atoms with van der Waals surface area (Å²) in [5.74, 6) is -0.208. The number of aromatic nitrogens is 1. The number of ether oxygens (including phenoxy) is 1. The van der Waals surface area contributed by atoms with Crippen molar-refractivity contribution in [1.29, 1.82) is 0 Å². The van der Waals surface area contributed by atoms with E-state index < -0.39 is 21.9 Å². The number of hydrogen-bond acceptors (Lipinski definition) is 7. The number of carbonyl (C=O) groups excluding carboxylic acids is 1. The molecule has 0 radical (unpaired) electrons. The molecule has 3 aliphatic rings. The summed E-state index contributed by atoms with van der Waals surface area (Å²) < 4.78 is 36.1. The van der Waals surface area contributed by atoms with E-state index in [9.17, 15) is 13.2 Å². The Bertz CT molecular complexity index is 1400. The van der Waals surface area contributed by atoms with E-state index >= 15 is 0 Å². The molecule has 1 aromatic carbocycles. The molecule has 35 heavy (non-hydrogen) atoms. The van der Waals surface area contributed by atoms with Crippen LogP contribution in [0.2, 0.25) is 5.02 Å². The number of nitrogens with zero attached hydrogens (tertiary/aromatic N) is 4. The van der Waals surface area contributed by atoms with Gasteiger partial charge in [0.1, 0.15) is 10.4 Å². The van der Waals surface area contributed by atoms with Gasteiger partial charge in [-0.2, -0.15) is 4.31 Å². The lowest BCUT2D eigenvalue weighted by molar-refractivity contribution is -0.144. The van der Waals surface area contributed by atoms with Gasteiger partial charge in [0.2, 0.25) is 5.91 Å². The lowest BCUT2D eigenvalue weighted by atomic mass is 9.91. The van der Waals surface area contributed by atoms with E-state index in [1.54, 1.807) is 36.4 Å². The van der Waals surface area contributed by atoms with Crippen molar-refractivity contribution in [3.05, 3.63) is 53.3 Å². The summed E-state index contributed by atoms with van der Waals surface area (Å²) in [5, 5.41) is 1.38. The molecule has 1 unspecified atom stereocenters. The highest BCUT2D eigenvalue weighted by Gasteiger charge is 2.52. The van der Waals surface area contributed by atoms with Gasteiger partial charge >= 0.3 is 0 Å². The Morgan fingerprint density at radius 1 is 1.17 bits per heavy atom. The lowest BCUT2D eigenvalue weighted by Crippen LogP contribution is -2.55. The van der Waals surface area contributed by atoms with Crippen LogP contribution in [0.25, 0.3) is 10.1 Å². The predicted octanol–water partition coefficient (Wildman–Crippen LogP) is 3.49. The van der Waals surface area contributed by atoms with Gasteiger partial charge in [0.25, 0.3) is 10.0 Å². The van der Waals surface area contributed by atoms with E-state index in [2.05, 4.69) is 9.88 Å². The number of rotatable bonds is 3. The largest absolute Gasteiger partial charge is 0.371 e. The van der Waals surface area contributed by atoms with Crippen molar-refractivity contribution in [3.8, 4) is 0 Å². The van der Waals surface area contributed by atoms with Gasteiger partial charge in [-0.15, -0.1) is 11.3 Å². The molecule has 2 aromatic heterocycles. The third kappa shape index (κ3) is 3.92. The molecule has 3 saturated heterocycles. The standard InChI is InChI=1S/C24H25ClN4O4S2/c1-16-19-12-17(25)2-3-20(19)34-23(16)35(31,32)28-13-21(30)29-15-24(33-22(29)14-28)6-10-27(11-7-24)18-4-8-26-9-5-18/h2-5,8-9,12,22H,6-7,10-11,13-15H2,1H3. The second kappa shape index (κ2) is 8.41. The van der Waals surface area contributed by atoms with Crippen LogP contribution in [0, 0.1) is 6.92 Å². The molecule has 0 aliphatic carbocycles. The molecule has 6 rings (SSSR count). The Kier molecular flexibility index (Phi) is 5.57. The van der Waals surface area contributed by atoms with E-state index in [1.165, 1.54) is 15.6 Å². The zero-order valence-electron chi connectivity index (χ0n) is 19.2. The average Bonchev–Trinajstić information content (AvgIpc) is 3.38. The third-order valence-electron chi connectivity index (χ3n) is 7.32. The maximum absolute atomic E-state index is 13.6. The number of piperidine rings is 1. The molecule has 184 valence electrons. The van der Waals surface area contributed by atoms with E-state index in [1.807, 2.05) is 18.2 Å². The van der Waals surface area contributed by atoms with Gasteiger partial charge in [0.15, 0.2) is 0 Å². The summed E-state index contributed by atoms with van der Waals surface area (Å²) in [7, 11) is -3.86. The van der Waals surface area contributed by atoms with Crippen LogP contribution in [0.4, 0.5) is 5.69 Å². The molecule has 0 N–H and O–H groups in total. The molecule has 1 atom stereocenters. The number of hydrogen-bond donors (Lipinski definition) is 0. The molecule has 11 heteroatoms. The van der Waals surface area contributed by atoms with Crippen LogP contribution in [-0.4, -0.2) is 73.1 Å². The number of piperazine rings is 1. The molecule has 3 aliphatic heterocycles. The van der Waals surface area contributed by atoms with Crippen molar-refractivity contribution in [2.75, 3.05) is 37.6 Å².